The van der Waals surface area contributed by atoms with E-state index in [2.05, 4.69) is 21.2 Å². The van der Waals surface area contributed by atoms with Gasteiger partial charge in [-0.15, -0.1) is 0 Å². The molecule has 17 nitrogen and oxygen atoms in total. The number of carboxylic acid groups (broad SMARTS) is 1. The van der Waals surface area contributed by atoms with Gasteiger partial charge < -0.3 is 33.8 Å². The van der Waals surface area contributed by atoms with Crippen molar-refractivity contribution in [1.82, 2.24) is 25.2 Å². The summed E-state index contributed by atoms with van der Waals surface area (Å²) in [5, 5.41) is 12.5. The largest absolute Gasteiger partial charge is 0.480 e. The zero-order chi connectivity index (χ0) is 35.0. The molecule has 0 aliphatic rings. The Morgan fingerprint density at radius 1 is 1.04 bits per heavy atom. The lowest BCUT2D eigenvalue weighted by atomic mass is 10.2. The highest BCUT2D eigenvalue weighted by atomic mass is 31.2. The summed E-state index contributed by atoms with van der Waals surface area (Å²) in [6.07, 6.45) is -1.01. The smallest absolute Gasteiger partial charge is 0.426 e. The molecule has 260 valence electrons. The van der Waals surface area contributed by atoms with Crippen molar-refractivity contribution in [3.05, 3.63) is 58.6 Å². The minimum atomic E-state index is -3.66. The molecule has 0 bridgehead atoms. The first kappa shape index (κ1) is 38.7. The number of nitrogens with zero attached hydrogens (tertiary/aromatic N) is 3. The average Bonchev–Trinajstić information content (AvgIpc) is 2.99. The molecule has 0 fully saturated rings. The fourth-order valence-corrected chi connectivity index (χ4v) is 5.71. The lowest BCUT2D eigenvalue weighted by Crippen LogP contribution is -2.50. The number of carbonyl (C=O) groups is 4. The van der Waals surface area contributed by atoms with Crippen LogP contribution in [0.4, 0.5) is 15.4 Å². The summed E-state index contributed by atoms with van der Waals surface area (Å²) in [6.45, 7) is 7.24. The molecule has 18 heteroatoms. The minimum Gasteiger partial charge on any atom is -0.480 e. The van der Waals surface area contributed by atoms with Crippen LogP contribution in [0.5, 0.6) is 0 Å². The van der Waals surface area contributed by atoms with Crippen LogP contribution in [0.1, 0.15) is 46.6 Å². The van der Waals surface area contributed by atoms with Crippen molar-refractivity contribution in [3.63, 3.8) is 0 Å². The molecule has 2 aromatic rings. The van der Waals surface area contributed by atoms with Gasteiger partial charge in [-0.1, -0.05) is 30.3 Å². The van der Waals surface area contributed by atoms with E-state index in [1.165, 1.54) is 12.3 Å². The second kappa shape index (κ2) is 18.6. The van der Waals surface area contributed by atoms with E-state index in [1.807, 2.05) is 6.07 Å². The number of aromatic nitrogens is 2. The number of benzene rings is 1. The molecule has 1 heterocycles. The van der Waals surface area contributed by atoms with Crippen molar-refractivity contribution in [3.8, 4) is 0 Å². The van der Waals surface area contributed by atoms with Gasteiger partial charge >= 0.3 is 31.4 Å². The molecule has 1 atom stereocenters. The summed E-state index contributed by atoms with van der Waals surface area (Å²) in [7, 11) is -3.66. The second-order valence-corrected chi connectivity index (χ2v) is 13.0. The van der Waals surface area contributed by atoms with Crippen molar-refractivity contribution >= 4 is 37.5 Å². The standard InChI is InChI=1S/C29H43N6O11P/c1-6-44-47(42,45-7-2)18-14-22(25(37)38)35(17-15-30-27(40)46-29(3,4)5)24(36)19-34-16-13-23(31-26(34)39)32-33-28(41)43-20-21-11-9-8-10-12-21/h8-13,16,22H,6-7,14-15,17-20H2,1-5H3,(H,30,40)(H,33,41)(H,37,38)(H,31,32,39)/t22-/m1/s1. The van der Waals surface area contributed by atoms with Crippen molar-refractivity contribution < 1.29 is 47.4 Å². The molecule has 0 aliphatic heterocycles. The predicted molar refractivity (Wildman–Crippen MR) is 170 cm³/mol. The van der Waals surface area contributed by atoms with Crippen molar-refractivity contribution in [2.75, 3.05) is 37.9 Å². The van der Waals surface area contributed by atoms with Crippen LogP contribution in [0.2, 0.25) is 0 Å². The number of hydrazine groups is 1. The first-order valence-corrected chi connectivity index (χ1v) is 16.6. The van der Waals surface area contributed by atoms with Crippen molar-refractivity contribution in [2.45, 2.75) is 65.8 Å². The fraction of sp³-hybridized carbons (Fsp3) is 0.517. The third kappa shape index (κ3) is 14.2. The first-order valence-electron chi connectivity index (χ1n) is 14.8. The SMILES string of the molecule is CCOP(=O)(CC[C@H](C(=O)O)N(CCNC(=O)OC(C)(C)C)C(=O)Cn1ccc(NNC(=O)OCc2ccccc2)nc1=O)OCC. The summed E-state index contributed by atoms with van der Waals surface area (Å²) in [6, 6.07) is 8.75. The Labute approximate surface area is 272 Å². The van der Waals surface area contributed by atoms with E-state index in [-0.39, 0.29) is 51.3 Å². The molecule has 0 radical (unpaired) electrons. The number of rotatable bonds is 18. The van der Waals surface area contributed by atoms with Gasteiger partial charge in [0, 0.05) is 19.3 Å². The molecule has 0 aliphatic carbocycles. The predicted octanol–water partition coefficient (Wildman–Crippen LogP) is 2.96. The molecule has 0 saturated carbocycles. The van der Waals surface area contributed by atoms with E-state index >= 15 is 0 Å². The number of nitrogens with one attached hydrogen (secondary N) is 3. The number of carboxylic acids is 1. The average molecular weight is 683 g/mol. The topological polar surface area (TPSA) is 217 Å². The zero-order valence-electron chi connectivity index (χ0n) is 27.1. The number of aliphatic carboxylic acids is 1. The van der Waals surface area contributed by atoms with Gasteiger partial charge in [0.15, 0.2) is 5.82 Å². The van der Waals surface area contributed by atoms with Crippen LogP contribution < -0.4 is 21.9 Å². The molecule has 4 N–H and O–H groups in total. The Morgan fingerprint density at radius 3 is 2.28 bits per heavy atom. The Hall–Kier alpha value is -4.47. The molecular weight excluding hydrogens is 639 g/mol. The van der Waals surface area contributed by atoms with Gasteiger partial charge in [0.25, 0.3) is 0 Å². The number of anilines is 1. The maximum atomic E-state index is 13.5. The summed E-state index contributed by atoms with van der Waals surface area (Å²) in [5.74, 6) is -2.27. The van der Waals surface area contributed by atoms with Gasteiger partial charge in [-0.3, -0.25) is 19.4 Å². The lowest BCUT2D eigenvalue weighted by molar-refractivity contribution is -0.150. The van der Waals surface area contributed by atoms with Gasteiger partial charge in [-0.2, -0.15) is 4.98 Å². The molecule has 47 heavy (non-hydrogen) atoms. The van der Waals surface area contributed by atoms with E-state index < -0.39 is 55.5 Å². The Morgan fingerprint density at radius 2 is 1.70 bits per heavy atom. The molecule has 1 aromatic carbocycles. The zero-order valence-corrected chi connectivity index (χ0v) is 28.0. The number of amides is 3. The highest BCUT2D eigenvalue weighted by Gasteiger charge is 2.34. The Balaban J connectivity index is 2.15. The molecule has 0 unspecified atom stereocenters. The van der Waals surface area contributed by atoms with E-state index in [0.29, 0.717) is 0 Å². The van der Waals surface area contributed by atoms with Crippen LogP contribution in [-0.2, 0) is 45.8 Å². The maximum absolute atomic E-state index is 13.5. The van der Waals surface area contributed by atoms with Gasteiger partial charge in [0.2, 0.25) is 5.91 Å². The molecular formula is C29H43N6O11P. The number of alkyl carbamates (subject to hydrolysis) is 1. The second-order valence-electron chi connectivity index (χ2n) is 10.9. The van der Waals surface area contributed by atoms with Crippen LogP contribution in [-0.4, -0.2) is 87.7 Å². The summed E-state index contributed by atoms with van der Waals surface area (Å²) >= 11 is 0. The van der Waals surface area contributed by atoms with Crippen molar-refractivity contribution in [2.24, 2.45) is 0 Å². The quantitative estimate of drug-likeness (QED) is 0.132. The van der Waals surface area contributed by atoms with E-state index in [4.69, 9.17) is 18.5 Å². The molecule has 2 rings (SSSR count). The van der Waals surface area contributed by atoms with Gasteiger partial charge in [0.05, 0.1) is 19.4 Å². The first-order chi connectivity index (χ1) is 22.2. The molecule has 0 saturated heterocycles. The summed E-state index contributed by atoms with van der Waals surface area (Å²) in [5.41, 5.74) is 3.77. The number of ether oxygens (including phenoxy) is 2. The maximum Gasteiger partial charge on any atom is 0.426 e. The van der Waals surface area contributed by atoms with Gasteiger partial charge in [-0.05, 0) is 52.7 Å². The van der Waals surface area contributed by atoms with E-state index in [0.717, 1.165) is 15.0 Å². The number of carbonyl (C=O) groups excluding carboxylic acids is 3. The van der Waals surface area contributed by atoms with Crippen LogP contribution in [0.25, 0.3) is 0 Å². The van der Waals surface area contributed by atoms with Crippen molar-refractivity contribution in [1.29, 1.82) is 0 Å². The van der Waals surface area contributed by atoms with Crippen LogP contribution >= 0.6 is 7.60 Å². The van der Waals surface area contributed by atoms with E-state index in [9.17, 15) is 33.6 Å². The fourth-order valence-electron chi connectivity index (χ4n) is 4.03. The third-order valence-electron chi connectivity index (χ3n) is 6.02. The summed E-state index contributed by atoms with van der Waals surface area (Å²) < 4.78 is 34.7. The van der Waals surface area contributed by atoms with Crippen LogP contribution in [0.3, 0.4) is 0 Å². The van der Waals surface area contributed by atoms with Gasteiger partial charge in [-0.25, -0.2) is 24.6 Å². The van der Waals surface area contributed by atoms with Crippen LogP contribution in [0, 0.1) is 0 Å². The monoisotopic (exact) mass is 682 g/mol. The Bertz CT molecular complexity index is 1440. The molecule has 0 spiro atoms. The van der Waals surface area contributed by atoms with Crippen LogP contribution in [0.15, 0.2) is 47.4 Å². The molecule has 3 amide bonds. The normalized spacial score (nSPS) is 12.0. The Kier molecular flexibility index (Phi) is 15.3. The van der Waals surface area contributed by atoms with Gasteiger partial charge in [0.1, 0.15) is 24.8 Å². The number of hydrogen-bond acceptors (Lipinski definition) is 12. The van der Waals surface area contributed by atoms with E-state index in [1.54, 1.807) is 58.9 Å². The summed E-state index contributed by atoms with van der Waals surface area (Å²) in [4.78, 5) is 67.5. The lowest BCUT2D eigenvalue weighted by Gasteiger charge is -2.30. The highest BCUT2D eigenvalue weighted by Crippen LogP contribution is 2.48. The molecule has 1 aromatic heterocycles. The number of hydrogen-bond donors (Lipinski definition) is 4. The minimum absolute atomic E-state index is 0.0153. The highest BCUT2D eigenvalue weighted by molar-refractivity contribution is 7.53. The third-order valence-corrected chi connectivity index (χ3v) is 8.12.